The summed E-state index contributed by atoms with van der Waals surface area (Å²) in [6, 6.07) is 6.99. The molecule has 0 saturated heterocycles. The summed E-state index contributed by atoms with van der Waals surface area (Å²) in [6.45, 7) is 0. The van der Waals surface area contributed by atoms with Gasteiger partial charge in [0.05, 0.1) is 4.90 Å². The number of nitrogens with zero attached hydrogens (tertiary/aromatic N) is 1. The maximum absolute atomic E-state index is 11.2. The van der Waals surface area contributed by atoms with Crippen molar-refractivity contribution in [1.29, 1.82) is 5.41 Å². The van der Waals surface area contributed by atoms with E-state index in [2.05, 4.69) is 4.40 Å². The number of nitrogens with one attached hydrogen (secondary N) is 1. The molecule has 4 nitrogen and oxygen atoms in total. The molecule has 1 aromatic carbocycles. The molecule has 1 rings (SSSR count). The smallest absolute Gasteiger partial charge is 0.241 e. The molecular weight excluding hydrogens is 212 g/mol. The van der Waals surface area contributed by atoms with Crippen molar-refractivity contribution in [3.63, 3.8) is 0 Å². The van der Waals surface area contributed by atoms with Crippen molar-refractivity contribution in [2.75, 3.05) is 0 Å². The quantitative estimate of drug-likeness (QED) is 0.766. The molecule has 13 heavy (non-hydrogen) atoms. The number of halogens is 1. The Morgan fingerprint density at radius 3 is 2.31 bits per heavy atom. The van der Waals surface area contributed by atoms with Crippen LogP contribution < -0.4 is 0 Å². The van der Waals surface area contributed by atoms with Gasteiger partial charge in [-0.1, -0.05) is 16.0 Å². The molecule has 0 fully saturated rings. The van der Waals surface area contributed by atoms with Gasteiger partial charge in [0.25, 0.3) is 10.0 Å². The number of hydrogen-bond donors (Lipinski definition) is 1. The van der Waals surface area contributed by atoms with Gasteiger partial charge < -0.3 is 0 Å². The Morgan fingerprint density at radius 2 is 1.85 bits per heavy atom. The highest BCUT2D eigenvalue weighted by Crippen LogP contribution is 2.15. The van der Waals surface area contributed by atoms with E-state index in [1.807, 2.05) is 0 Å². The molecule has 1 N–H and O–H groups in total. The molecule has 0 atom stereocenters. The minimum atomic E-state index is -3.76. The van der Waals surface area contributed by atoms with Crippen molar-refractivity contribution in [2.24, 2.45) is 4.40 Å². The summed E-state index contributed by atoms with van der Waals surface area (Å²) in [5, 5.41) is 6.87. The van der Waals surface area contributed by atoms with Gasteiger partial charge in [0.1, 0.15) is 6.01 Å². The molecule has 1 aromatic rings. The molecule has 68 valence electrons. The number of hydrogen-bond acceptors (Lipinski definition) is 3. The van der Waals surface area contributed by atoms with Crippen molar-refractivity contribution in [3.8, 4) is 0 Å². The van der Waals surface area contributed by atoms with Gasteiger partial charge in [-0.15, -0.1) is 0 Å². The normalized spacial score (nSPS) is 10.5. The molecular formula is C7H5ClN2O2S. The first-order chi connectivity index (χ1) is 6.06. The van der Waals surface area contributed by atoms with Crippen molar-refractivity contribution in [1.82, 2.24) is 0 Å². The molecule has 0 radical (unpaired) electrons. The van der Waals surface area contributed by atoms with Crippen LogP contribution in [0.15, 0.2) is 33.6 Å². The van der Waals surface area contributed by atoms with Gasteiger partial charge in [0.15, 0.2) is 0 Å². The van der Waals surface area contributed by atoms with E-state index in [1.54, 1.807) is 0 Å². The number of sulfonamides is 1. The van der Waals surface area contributed by atoms with Crippen LogP contribution in [0.4, 0.5) is 0 Å². The summed E-state index contributed by atoms with van der Waals surface area (Å²) in [7, 11) is -3.76. The van der Waals surface area contributed by atoms with E-state index in [0.717, 1.165) is 0 Å². The molecule has 0 aliphatic rings. The van der Waals surface area contributed by atoms with Crippen LogP contribution in [0.2, 0.25) is 5.02 Å². The first-order valence-corrected chi connectivity index (χ1v) is 5.02. The third kappa shape index (κ3) is 2.39. The third-order valence-corrected chi connectivity index (χ3v) is 2.73. The maximum Gasteiger partial charge on any atom is 0.291 e. The Kier molecular flexibility index (Phi) is 2.83. The Balaban J connectivity index is 3.24. The second kappa shape index (κ2) is 3.70. The highest BCUT2D eigenvalue weighted by molar-refractivity contribution is 7.90. The van der Waals surface area contributed by atoms with E-state index in [1.165, 1.54) is 30.3 Å². The number of benzene rings is 1. The summed E-state index contributed by atoms with van der Waals surface area (Å²) in [5.41, 5.74) is 0. The topological polar surface area (TPSA) is 70.3 Å². The fraction of sp³-hybridized carbons (Fsp3) is 0. The van der Waals surface area contributed by atoms with Gasteiger partial charge in [-0.2, -0.15) is 8.42 Å². The number of rotatable bonds is 2. The molecule has 0 unspecified atom stereocenters. The zero-order valence-electron chi connectivity index (χ0n) is 6.36. The zero-order valence-corrected chi connectivity index (χ0v) is 7.93. The molecule has 0 aliphatic heterocycles. The zero-order chi connectivity index (χ0) is 9.90. The average Bonchev–Trinajstić information content (AvgIpc) is 2.05. The Morgan fingerprint density at radius 1 is 1.31 bits per heavy atom. The van der Waals surface area contributed by atoms with Crippen LogP contribution in [0.5, 0.6) is 0 Å². The van der Waals surface area contributed by atoms with E-state index in [4.69, 9.17) is 17.0 Å². The fourth-order valence-electron chi connectivity index (χ4n) is 0.719. The summed E-state index contributed by atoms with van der Waals surface area (Å²) in [6.07, 6.45) is 0. The van der Waals surface area contributed by atoms with E-state index >= 15 is 0 Å². The Labute approximate surface area is 80.4 Å². The first-order valence-electron chi connectivity index (χ1n) is 3.20. The predicted molar refractivity (Wildman–Crippen MR) is 48.8 cm³/mol. The van der Waals surface area contributed by atoms with Crippen molar-refractivity contribution >= 4 is 27.6 Å². The minimum absolute atomic E-state index is 0.00310. The van der Waals surface area contributed by atoms with Gasteiger partial charge in [-0.05, 0) is 24.3 Å². The predicted octanol–water partition coefficient (Wildman–Crippen LogP) is 1.78. The molecule has 0 spiro atoms. The standard InChI is InChI=1S/C7H5ClN2O2S/c8-6-1-3-7(4-2-6)13(11,12)10-5-9/h1-4,9H. The SMILES string of the molecule is N=C=NS(=O)(=O)c1ccc(Cl)cc1. The monoisotopic (exact) mass is 216 g/mol. The largest absolute Gasteiger partial charge is 0.291 e. The van der Waals surface area contributed by atoms with Gasteiger partial charge >= 0.3 is 0 Å². The Bertz CT molecular complexity index is 446. The highest BCUT2D eigenvalue weighted by atomic mass is 35.5. The second-order valence-electron chi connectivity index (χ2n) is 2.13. The van der Waals surface area contributed by atoms with Crippen LogP contribution >= 0.6 is 11.6 Å². The van der Waals surface area contributed by atoms with E-state index in [0.29, 0.717) is 5.02 Å². The molecule has 0 heterocycles. The summed E-state index contributed by atoms with van der Waals surface area (Å²) < 4.78 is 25.2. The van der Waals surface area contributed by atoms with Crippen LogP contribution in [-0.2, 0) is 10.0 Å². The lowest BCUT2D eigenvalue weighted by Crippen LogP contribution is -1.95. The first kappa shape index (κ1) is 9.92. The molecule has 6 heteroatoms. The molecule has 0 aromatic heterocycles. The van der Waals surface area contributed by atoms with Crippen LogP contribution in [0.1, 0.15) is 0 Å². The van der Waals surface area contributed by atoms with E-state index in [9.17, 15) is 8.42 Å². The summed E-state index contributed by atoms with van der Waals surface area (Å²) >= 11 is 5.56. The molecule has 0 aliphatic carbocycles. The lowest BCUT2D eigenvalue weighted by molar-refractivity contribution is 0.598. The van der Waals surface area contributed by atoms with Gasteiger partial charge in [-0.25, -0.2) is 5.41 Å². The lowest BCUT2D eigenvalue weighted by Gasteiger charge is -1.95. The fourth-order valence-corrected chi connectivity index (χ4v) is 1.55. The molecule has 0 bridgehead atoms. The minimum Gasteiger partial charge on any atom is -0.241 e. The van der Waals surface area contributed by atoms with Crippen molar-refractivity contribution in [2.45, 2.75) is 4.90 Å². The van der Waals surface area contributed by atoms with Gasteiger partial charge in [0, 0.05) is 5.02 Å². The van der Waals surface area contributed by atoms with Gasteiger partial charge in [0.2, 0.25) is 0 Å². The van der Waals surface area contributed by atoms with E-state index in [-0.39, 0.29) is 4.90 Å². The third-order valence-electron chi connectivity index (χ3n) is 1.28. The second-order valence-corrected chi connectivity index (χ2v) is 4.17. The van der Waals surface area contributed by atoms with Crippen molar-refractivity contribution < 1.29 is 8.42 Å². The highest BCUT2D eigenvalue weighted by Gasteiger charge is 2.10. The Hall–Kier alpha value is -1.16. The average molecular weight is 217 g/mol. The molecule has 0 saturated carbocycles. The van der Waals surface area contributed by atoms with E-state index < -0.39 is 10.0 Å². The summed E-state index contributed by atoms with van der Waals surface area (Å²) in [5.74, 6) is 0. The van der Waals surface area contributed by atoms with Crippen LogP contribution in [0.25, 0.3) is 0 Å². The van der Waals surface area contributed by atoms with Crippen LogP contribution in [0, 0.1) is 5.41 Å². The van der Waals surface area contributed by atoms with Crippen LogP contribution in [0.3, 0.4) is 0 Å². The van der Waals surface area contributed by atoms with Gasteiger partial charge in [-0.3, -0.25) is 0 Å². The molecule has 0 amide bonds. The maximum atomic E-state index is 11.2. The lowest BCUT2D eigenvalue weighted by atomic mass is 10.4. The van der Waals surface area contributed by atoms with Crippen LogP contribution in [-0.4, -0.2) is 14.4 Å². The summed E-state index contributed by atoms with van der Waals surface area (Å²) in [4.78, 5) is -0.00310. The van der Waals surface area contributed by atoms with Crippen molar-refractivity contribution in [3.05, 3.63) is 29.3 Å².